The molecule has 1 aliphatic carbocycles. The maximum atomic E-state index is 5.83. The second-order valence-electron chi connectivity index (χ2n) is 5.22. The van der Waals surface area contributed by atoms with Crippen molar-refractivity contribution in [2.45, 2.75) is 10.9 Å². The molecule has 0 radical (unpaired) electrons. The van der Waals surface area contributed by atoms with E-state index >= 15 is 0 Å². The molecule has 0 N–H and O–H groups in total. The van der Waals surface area contributed by atoms with Gasteiger partial charge >= 0.3 is 0 Å². The van der Waals surface area contributed by atoms with E-state index in [0.29, 0.717) is 0 Å². The molecule has 1 nitrogen and oxygen atoms in total. The van der Waals surface area contributed by atoms with Crippen molar-refractivity contribution in [2.75, 3.05) is 12.9 Å². The van der Waals surface area contributed by atoms with Crippen LogP contribution in [0.15, 0.2) is 60.7 Å². The van der Waals surface area contributed by atoms with E-state index in [-0.39, 0.29) is 10.9 Å². The Balaban J connectivity index is 2.07. The Labute approximate surface area is 123 Å². The second-order valence-corrected chi connectivity index (χ2v) is 6.49. The Kier molecular flexibility index (Phi) is 2.76. The van der Waals surface area contributed by atoms with Crippen LogP contribution >= 0.6 is 11.8 Å². The minimum absolute atomic E-state index is 0.0866. The second kappa shape index (κ2) is 4.51. The van der Waals surface area contributed by atoms with Crippen molar-refractivity contribution in [2.24, 2.45) is 0 Å². The molecule has 1 spiro atoms. The van der Waals surface area contributed by atoms with E-state index in [1.165, 1.54) is 22.3 Å². The van der Waals surface area contributed by atoms with Crippen LogP contribution in [0.5, 0.6) is 0 Å². The predicted octanol–water partition coefficient (Wildman–Crippen LogP) is 4.23. The molecule has 0 fully saturated rings. The monoisotopic (exact) mass is 280 g/mol. The highest BCUT2D eigenvalue weighted by Gasteiger charge is 2.49. The largest absolute Gasteiger partial charge is 0.375 e. The zero-order valence-corrected chi connectivity index (χ0v) is 12.2. The van der Waals surface area contributed by atoms with Crippen LogP contribution in [-0.2, 0) is 9.48 Å². The van der Waals surface area contributed by atoms with Gasteiger partial charge in [0.15, 0.2) is 0 Å². The Morgan fingerprint density at radius 3 is 2.20 bits per heavy atom. The third-order valence-corrected chi connectivity index (χ3v) is 5.80. The topological polar surface area (TPSA) is 9.23 Å². The van der Waals surface area contributed by atoms with Gasteiger partial charge in [-0.25, -0.2) is 0 Å². The highest BCUT2D eigenvalue weighted by Crippen LogP contribution is 2.58. The molecule has 0 bridgehead atoms. The number of ether oxygens (including phenoxy) is 1. The molecule has 2 aliphatic rings. The first-order valence-corrected chi connectivity index (χ1v) is 7.89. The van der Waals surface area contributed by atoms with Gasteiger partial charge in [-0.3, -0.25) is 0 Å². The molecule has 2 aromatic rings. The maximum absolute atomic E-state index is 5.83. The lowest BCUT2D eigenvalue weighted by Crippen LogP contribution is -2.38. The lowest BCUT2D eigenvalue weighted by molar-refractivity contribution is 0.117. The van der Waals surface area contributed by atoms with Crippen molar-refractivity contribution in [3.8, 4) is 11.1 Å². The SMILES string of the molecule is COC1C=CCSC12c1ccccc1-c1ccccc12. The van der Waals surface area contributed by atoms with E-state index in [9.17, 15) is 0 Å². The molecular formula is C18H16OS. The van der Waals surface area contributed by atoms with Crippen LogP contribution < -0.4 is 0 Å². The predicted molar refractivity (Wildman–Crippen MR) is 85.1 cm³/mol. The summed E-state index contributed by atoms with van der Waals surface area (Å²) in [5.41, 5.74) is 5.49. The lowest BCUT2D eigenvalue weighted by atomic mass is 9.89. The molecule has 1 unspecified atom stereocenters. The van der Waals surface area contributed by atoms with Gasteiger partial charge in [-0.2, -0.15) is 0 Å². The molecular weight excluding hydrogens is 264 g/mol. The van der Waals surface area contributed by atoms with Gasteiger partial charge in [-0.15, -0.1) is 11.8 Å². The normalized spacial score (nSPS) is 21.8. The minimum atomic E-state index is -0.0866. The van der Waals surface area contributed by atoms with Crippen molar-refractivity contribution in [1.29, 1.82) is 0 Å². The van der Waals surface area contributed by atoms with Gasteiger partial charge in [0, 0.05) is 12.9 Å². The van der Waals surface area contributed by atoms with Crippen molar-refractivity contribution >= 4 is 11.8 Å². The van der Waals surface area contributed by atoms with Crippen molar-refractivity contribution in [1.82, 2.24) is 0 Å². The van der Waals surface area contributed by atoms with Crippen molar-refractivity contribution < 1.29 is 4.74 Å². The van der Waals surface area contributed by atoms with Gasteiger partial charge in [-0.1, -0.05) is 60.7 Å². The van der Waals surface area contributed by atoms with Crippen LogP contribution in [0, 0.1) is 0 Å². The van der Waals surface area contributed by atoms with Crippen LogP contribution in [0.1, 0.15) is 11.1 Å². The fourth-order valence-corrected chi connectivity index (χ4v) is 4.99. The van der Waals surface area contributed by atoms with E-state index < -0.39 is 0 Å². The fraction of sp³-hybridized carbons (Fsp3) is 0.222. The number of methoxy groups -OCH3 is 1. The summed E-state index contributed by atoms with van der Waals surface area (Å²) in [5, 5.41) is 0. The maximum Gasteiger partial charge on any atom is 0.0981 e. The molecule has 0 saturated heterocycles. The molecule has 20 heavy (non-hydrogen) atoms. The van der Waals surface area contributed by atoms with Gasteiger partial charge < -0.3 is 4.74 Å². The van der Waals surface area contributed by atoms with E-state index in [4.69, 9.17) is 4.74 Å². The first kappa shape index (κ1) is 12.2. The number of hydrogen-bond donors (Lipinski definition) is 0. The standard InChI is InChI=1S/C18H16OS/c1-19-17-11-6-12-20-18(17)15-9-4-2-7-13(15)14-8-3-5-10-16(14)18/h2-11,17H,12H2,1H3. The zero-order chi connectivity index (χ0) is 13.6. The summed E-state index contributed by atoms with van der Waals surface area (Å²) in [7, 11) is 1.81. The van der Waals surface area contributed by atoms with Crippen LogP contribution in [0.4, 0.5) is 0 Å². The average molecular weight is 280 g/mol. The van der Waals surface area contributed by atoms with E-state index in [1.807, 2.05) is 18.9 Å². The fourth-order valence-electron chi connectivity index (χ4n) is 3.51. The van der Waals surface area contributed by atoms with Gasteiger partial charge in [0.1, 0.15) is 0 Å². The Bertz CT molecular complexity index is 644. The van der Waals surface area contributed by atoms with Crippen LogP contribution in [0.2, 0.25) is 0 Å². The van der Waals surface area contributed by atoms with Crippen LogP contribution in [0.25, 0.3) is 11.1 Å². The minimum Gasteiger partial charge on any atom is -0.375 e. The third-order valence-electron chi connectivity index (χ3n) is 4.32. The zero-order valence-electron chi connectivity index (χ0n) is 11.4. The molecule has 2 heteroatoms. The average Bonchev–Trinajstić information content (AvgIpc) is 2.80. The molecule has 100 valence electrons. The lowest BCUT2D eigenvalue weighted by Gasteiger charge is -2.38. The van der Waals surface area contributed by atoms with Gasteiger partial charge in [-0.05, 0) is 22.3 Å². The quantitative estimate of drug-likeness (QED) is 0.723. The molecule has 1 aliphatic heterocycles. The smallest absolute Gasteiger partial charge is 0.0981 e. The molecule has 0 aromatic heterocycles. The van der Waals surface area contributed by atoms with Crippen molar-refractivity contribution in [3.63, 3.8) is 0 Å². The van der Waals surface area contributed by atoms with Gasteiger partial charge in [0.05, 0.1) is 10.9 Å². The van der Waals surface area contributed by atoms with Gasteiger partial charge in [0.25, 0.3) is 0 Å². The highest BCUT2D eigenvalue weighted by molar-refractivity contribution is 8.00. The van der Waals surface area contributed by atoms with Crippen LogP contribution in [-0.4, -0.2) is 19.0 Å². The third kappa shape index (κ3) is 1.44. The van der Waals surface area contributed by atoms with E-state index in [1.54, 1.807) is 0 Å². The molecule has 2 aromatic carbocycles. The number of fused-ring (bicyclic) bond motifs is 5. The summed E-state index contributed by atoms with van der Waals surface area (Å²) in [4.78, 5) is 0. The first-order chi connectivity index (χ1) is 9.88. The number of hydrogen-bond acceptors (Lipinski definition) is 2. The van der Waals surface area contributed by atoms with Crippen LogP contribution in [0.3, 0.4) is 0 Å². The molecule has 0 saturated carbocycles. The summed E-state index contributed by atoms with van der Waals surface area (Å²) in [6.45, 7) is 0. The number of rotatable bonds is 1. The molecule has 1 atom stereocenters. The summed E-state index contributed by atoms with van der Waals surface area (Å²) < 4.78 is 5.75. The van der Waals surface area contributed by atoms with E-state index in [2.05, 4.69) is 60.7 Å². The summed E-state index contributed by atoms with van der Waals surface area (Å²) in [5.74, 6) is 1.03. The number of thioether (sulfide) groups is 1. The van der Waals surface area contributed by atoms with Crippen molar-refractivity contribution in [3.05, 3.63) is 71.8 Å². The Morgan fingerprint density at radius 2 is 1.60 bits per heavy atom. The molecule has 1 heterocycles. The van der Waals surface area contributed by atoms with Gasteiger partial charge in [0.2, 0.25) is 0 Å². The highest BCUT2D eigenvalue weighted by atomic mass is 32.2. The van der Waals surface area contributed by atoms with E-state index in [0.717, 1.165) is 5.75 Å². The Hall–Kier alpha value is -1.51. The summed E-state index contributed by atoms with van der Waals surface area (Å²) in [6, 6.07) is 17.5. The summed E-state index contributed by atoms with van der Waals surface area (Å²) in [6.07, 6.45) is 4.52. The Morgan fingerprint density at radius 1 is 1.00 bits per heavy atom. The molecule has 4 rings (SSSR count). The number of benzene rings is 2. The summed E-state index contributed by atoms with van der Waals surface area (Å²) >= 11 is 1.98. The first-order valence-electron chi connectivity index (χ1n) is 6.91. The molecule has 0 amide bonds.